The maximum absolute atomic E-state index is 11.2. The van der Waals surface area contributed by atoms with E-state index < -0.39 is 10.6 Å². The van der Waals surface area contributed by atoms with Crippen molar-refractivity contribution in [1.29, 1.82) is 0 Å². The molecule has 8 nitrogen and oxygen atoms in total. The summed E-state index contributed by atoms with van der Waals surface area (Å²) in [5.74, 6) is 0.252. The van der Waals surface area contributed by atoms with Gasteiger partial charge in [-0.15, -0.1) is 0 Å². The Morgan fingerprint density at radius 2 is 2.26 bits per heavy atom. The number of hydrogen-bond acceptors (Lipinski definition) is 6. The van der Waals surface area contributed by atoms with E-state index in [9.17, 15) is 10.1 Å². The summed E-state index contributed by atoms with van der Waals surface area (Å²) in [4.78, 5) is 17.1. The van der Waals surface area contributed by atoms with Crippen LogP contribution in [0.25, 0.3) is 0 Å². The Morgan fingerprint density at radius 1 is 1.52 bits per heavy atom. The first kappa shape index (κ1) is 22.4. The van der Waals surface area contributed by atoms with Gasteiger partial charge in [0.2, 0.25) is 5.62 Å². The number of rotatable bonds is 9. The van der Waals surface area contributed by atoms with E-state index in [2.05, 4.69) is 23.9 Å². The van der Waals surface area contributed by atoms with Crippen molar-refractivity contribution in [3.05, 3.63) is 39.2 Å². The molecule has 27 heavy (non-hydrogen) atoms. The van der Waals surface area contributed by atoms with Gasteiger partial charge in [-0.25, -0.2) is 15.1 Å². The molecule has 150 valence electrons. The Kier molecular flexibility index (Phi) is 8.30. The minimum Gasteiger partial charge on any atom is -0.331 e. The molecule has 1 fully saturated rings. The van der Waals surface area contributed by atoms with Crippen LogP contribution in [0.5, 0.6) is 0 Å². The maximum Gasteiger partial charge on any atom is 0.280 e. The van der Waals surface area contributed by atoms with Gasteiger partial charge in [-0.1, -0.05) is 42.9 Å². The average molecular weight is 452 g/mol. The average Bonchev–Trinajstić information content (AvgIpc) is 2.99. The maximum atomic E-state index is 11.2. The van der Waals surface area contributed by atoms with E-state index in [0.717, 1.165) is 12.0 Å². The third-order valence-corrected chi connectivity index (χ3v) is 11.1. The molecule has 1 aromatic rings. The first-order chi connectivity index (χ1) is 12.8. The zero-order chi connectivity index (χ0) is 20.0. The van der Waals surface area contributed by atoms with Crippen molar-refractivity contribution < 1.29 is 9.56 Å². The van der Waals surface area contributed by atoms with Crippen LogP contribution in [0, 0.1) is 10.1 Å². The summed E-state index contributed by atoms with van der Waals surface area (Å²) in [6, 6.07) is 3.53. The number of nitrogens with zero attached hydrogens (tertiary/aromatic N) is 5. The quantitative estimate of drug-likeness (QED) is 0.239. The predicted octanol–water partition coefficient (Wildman–Crippen LogP) is 4.19. The molecule has 1 saturated heterocycles. The van der Waals surface area contributed by atoms with Crippen LogP contribution in [0.2, 0.25) is 5.15 Å². The Morgan fingerprint density at radius 3 is 2.81 bits per heavy atom. The van der Waals surface area contributed by atoms with Crippen molar-refractivity contribution in [3.63, 3.8) is 0 Å². The summed E-state index contributed by atoms with van der Waals surface area (Å²) >= 11 is 13.3. The highest BCUT2D eigenvalue weighted by atomic mass is 35.5. The summed E-state index contributed by atoms with van der Waals surface area (Å²) in [6.45, 7) is 8.04. The highest BCUT2D eigenvalue weighted by molar-refractivity contribution is 8.69. The van der Waals surface area contributed by atoms with Crippen LogP contribution in [0.4, 0.5) is 0 Å². The second-order valence-corrected chi connectivity index (χ2v) is 13.3. The first-order valence-corrected chi connectivity index (χ1v) is 13.1. The fourth-order valence-corrected chi connectivity index (χ4v) is 9.79. The lowest BCUT2D eigenvalue weighted by Crippen LogP contribution is -2.32. The van der Waals surface area contributed by atoms with E-state index in [0.29, 0.717) is 31.4 Å². The van der Waals surface area contributed by atoms with Crippen molar-refractivity contribution in [2.24, 2.45) is 5.10 Å². The molecule has 2 atom stereocenters. The van der Waals surface area contributed by atoms with E-state index >= 15 is 0 Å². The van der Waals surface area contributed by atoms with Crippen LogP contribution in [0.1, 0.15) is 32.8 Å². The largest absolute Gasteiger partial charge is 0.331 e. The van der Waals surface area contributed by atoms with Gasteiger partial charge in [0.1, 0.15) is 10.3 Å². The second-order valence-electron chi connectivity index (χ2n) is 5.88. The number of guanidine groups is 1. The molecule has 2 rings (SSSR count). The fourth-order valence-electron chi connectivity index (χ4n) is 2.49. The summed E-state index contributed by atoms with van der Waals surface area (Å²) in [7, 11) is 0. The van der Waals surface area contributed by atoms with Crippen molar-refractivity contribution in [3.8, 4) is 0 Å². The molecule has 0 spiro atoms. The molecule has 2 heterocycles. The molecule has 1 aliphatic heterocycles. The molecule has 1 aliphatic rings. The normalized spacial score (nSPS) is 19.3. The van der Waals surface area contributed by atoms with E-state index in [4.69, 9.17) is 27.9 Å². The van der Waals surface area contributed by atoms with Gasteiger partial charge < -0.3 is 9.42 Å². The number of nitro groups is 1. The van der Waals surface area contributed by atoms with Gasteiger partial charge in [-0.3, -0.25) is 4.67 Å². The molecule has 0 saturated carbocycles. The summed E-state index contributed by atoms with van der Waals surface area (Å²) in [6.07, 6.45) is 2.59. The Hall–Kier alpha value is -0.930. The third kappa shape index (κ3) is 6.02. The molecule has 2 unspecified atom stereocenters. The molecule has 0 amide bonds. The van der Waals surface area contributed by atoms with Gasteiger partial charge >= 0.3 is 0 Å². The summed E-state index contributed by atoms with van der Waals surface area (Å²) in [5, 5.41) is 14.8. The molecule has 0 bridgehead atoms. The van der Waals surface area contributed by atoms with Gasteiger partial charge in [0.25, 0.3) is 5.96 Å². The summed E-state index contributed by atoms with van der Waals surface area (Å²) < 4.78 is 7.78. The fraction of sp³-hybridized carbons (Fsp3) is 0.600. The number of hydrogen-bond donors (Lipinski definition) is 0. The minimum atomic E-state index is -2.53. The molecule has 0 aromatic carbocycles. The highest BCUT2D eigenvalue weighted by Gasteiger charge is 2.40. The van der Waals surface area contributed by atoms with Gasteiger partial charge in [0, 0.05) is 31.1 Å². The Labute approximate surface area is 173 Å². The molecule has 12 heteroatoms. The number of hydrazone groups is 1. The van der Waals surface area contributed by atoms with Crippen LogP contribution in [0.3, 0.4) is 0 Å². The lowest BCUT2D eigenvalue weighted by Gasteiger charge is -2.32. The van der Waals surface area contributed by atoms with Gasteiger partial charge in [-0.05, 0) is 36.8 Å². The van der Waals surface area contributed by atoms with Crippen LogP contribution >= 0.6 is 28.6 Å². The highest BCUT2D eigenvalue weighted by Crippen LogP contribution is 2.65. The smallest absolute Gasteiger partial charge is 0.280 e. The Balaban J connectivity index is 2.31. The zero-order valence-corrected chi connectivity index (χ0v) is 18.7. The monoisotopic (exact) mass is 451 g/mol. The SMILES string of the molecule is CCOP(=S)(SC(C)CC)N1CCN(Cc2ccc(Cl)nc2)/C1=N\[N+](=O)[O-]. The van der Waals surface area contributed by atoms with Crippen LogP contribution in [-0.2, 0) is 22.9 Å². The van der Waals surface area contributed by atoms with Crippen molar-refractivity contribution in [2.45, 2.75) is 39.0 Å². The van der Waals surface area contributed by atoms with Crippen molar-refractivity contribution in [2.75, 3.05) is 19.7 Å². The zero-order valence-electron chi connectivity index (χ0n) is 15.4. The van der Waals surface area contributed by atoms with Crippen LogP contribution < -0.4 is 0 Å². The number of pyridine rings is 1. The molecular weight excluding hydrogens is 429 g/mol. The number of aromatic nitrogens is 1. The van der Waals surface area contributed by atoms with Crippen molar-refractivity contribution >= 4 is 46.4 Å². The molecule has 1 aromatic heterocycles. The molecule has 0 N–H and O–H groups in total. The van der Waals surface area contributed by atoms with E-state index in [1.807, 2.05) is 22.6 Å². The van der Waals surface area contributed by atoms with E-state index in [1.165, 1.54) is 0 Å². The van der Waals surface area contributed by atoms with E-state index in [-0.39, 0.29) is 11.2 Å². The number of halogens is 1. The lowest BCUT2D eigenvalue weighted by atomic mass is 10.3. The second kappa shape index (κ2) is 10.0. The topological polar surface area (TPSA) is 84.1 Å². The van der Waals surface area contributed by atoms with Gasteiger partial charge in [0.15, 0.2) is 5.03 Å². The minimum absolute atomic E-state index is 0.252. The molecule has 0 radical (unpaired) electrons. The third-order valence-electron chi connectivity index (χ3n) is 3.90. The van der Waals surface area contributed by atoms with Crippen molar-refractivity contribution in [1.82, 2.24) is 14.6 Å². The van der Waals surface area contributed by atoms with E-state index in [1.54, 1.807) is 23.6 Å². The van der Waals surface area contributed by atoms with Crippen LogP contribution in [-0.4, -0.2) is 50.5 Å². The first-order valence-electron chi connectivity index (χ1n) is 8.58. The summed E-state index contributed by atoms with van der Waals surface area (Å²) in [5.41, 5.74) is -1.65. The molecule has 0 aliphatic carbocycles. The van der Waals surface area contributed by atoms with Gasteiger partial charge in [0.05, 0.1) is 6.61 Å². The Bertz CT molecular complexity index is 737. The molecular formula is C15H23ClN5O3PS2. The lowest BCUT2D eigenvalue weighted by molar-refractivity contribution is -0.486. The van der Waals surface area contributed by atoms with Crippen LogP contribution in [0.15, 0.2) is 23.4 Å². The van der Waals surface area contributed by atoms with Gasteiger partial charge in [-0.2, -0.15) is 0 Å². The standard InChI is InChI=1S/C15H23ClN5O3PS2/c1-4-12(3)27-25(26,24-5-2)20-9-8-19(15(20)18-21(22)23)11-13-6-7-14(16)17-10-13/h6-7,10,12H,4-5,8-9,11H2,1-3H3/b18-15+. The predicted molar refractivity (Wildman–Crippen MR) is 114 cm³/mol.